The highest BCUT2D eigenvalue weighted by Gasteiger charge is 2.19. The maximum Gasteiger partial charge on any atom is 0.269 e. The first-order chi connectivity index (χ1) is 15.9. The van der Waals surface area contributed by atoms with E-state index in [0.29, 0.717) is 37.5 Å². The van der Waals surface area contributed by atoms with Crippen LogP contribution in [0.25, 0.3) is 33.8 Å². The summed E-state index contributed by atoms with van der Waals surface area (Å²) in [6.07, 6.45) is 1.64. The zero-order valence-electron chi connectivity index (χ0n) is 16.9. The van der Waals surface area contributed by atoms with Crippen molar-refractivity contribution in [3.05, 3.63) is 104 Å². The topological polar surface area (TPSA) is 72.9 Å². The predicted octanol–water partition coefficient (Wildman–Crippen LogP) is 5.69. The van der Waals surface area contributed by atoms with Crippen LogP contribution in [-0.2, 0) is 6.61 Å². The molecule has 9 heteroatoms. The molecule has 5 rings (SSSR count). The van der Waals surface area contributed by atoms with Gasteiger partial charge in [0.05, 0.1) is 23.0 Å². The molecule has 6 nitrogen and oxygen atoms in total. The lowest BCUT2D eigenvalue weighted by atomic mass is 10.2. The summed E-state index contributed by atoms with van der Waals surface area (Å²) in [4.78, 5) is 18.4. The number of aliphatic hydroxyl groups is 1. The number of benzene rings is 3. The van der Waals surface area contributed by atoms with Crippen LogP contribution >= 0.6 is 34.8 Å². The van der Waals surface area contributed by atoms with Crippen molar-refractivity contribution in [3.8, 4) is 22.8 Å². The molecule has 0 aliphatic carbocycles. The van der Waals surface area contributed by atoms with Gasteiger partial charge in [-0.05, 0) is 60.2 Å². The van der Waals surface area contributed by atoms with E-state index in [0.717, 1.165) is 11.3 Å². The Bertz CT molecular complexity index is 1540. The van der Waals surface area contributed by atoms with Crippen LogP contribution in [0, 0.1) is 0 Å². The summed E-state index contributed by atoms with van der Waals surface area (Å²) in [5.41, 5.74) is 2.60. The summed E-state index contributed by atoms with van der Waals surface area (Å²) in [6.45, 7) is -0.0556. The van der Waals surface area contributed by atoms with E-state index in [1.54, 1.807) is 65.5 Å². The van der Waals surface area contributed by atoms with E-state index in [2.05, 4.69) is 5.10 Å². The minimum Gasteiger partial charge on any atom is -0.392 e. The maximum absolute atomic E-state index is 13.7. The average molecular weight is 498 g/mol. The highest BCUT2D eigenvalue weighted by molar-refractivity contribution is 6.36. The van der Waals surface area contributed by atoms with E-state index < -0.39 is 0 Å². The molecule has 1 N–H and O–H groups in total. The first kappa shape index (κ1) is 21.7. The third kappa shape index (κ3) is 4.03. The first-order valence-electron chi connectivity index (χ1n) is 9.88. The molecular formula is C24H15Cl3N4O2. The van der Waals surface area contributed by atoms with Gasteiger partial charge in [0.1, 0.15) is 5.39 Å². The first-order valence-corrected chi connectivity index (χ1v) is 11.0. The van der Waals surface area contributed by atoms with Gasteiger partial charge in [-0.1, -0.05) is 46.9 Å². The highest BCUT2D eigenvalue weighted by atomic mass is 35.5. The zero-order chi connectivity index (χ0) is 23.1. The molecule has 33 heavy (non-hydrogen) atoms. The van der Waals surface area contributed by atoms with Crippen LogP contribution in [0.4, 0.5) is 0 Å². The number of aromatic nitrogens is 4. The van der Waals surface area contributed by atoms with Gasteiger partial charge in [-0.15, -0.1) is 5.10 Å². The largest absolute Gasteiger partial charge is 0.392 e. The molecule has 2 heterocycles. The number of nitrogens with zero attached hydrogens (tertiary/aromatic N) is 4. The third-order valence-electron chi connectivity index (χ3n) is 5.19. The predicted molar refractivity (Wildman–Crippen MR) is 131 cm³/mol. The fraction of sp³-hybridized carbons (Fsp3) is 0.0417. The normalized spacial score (nSPS) is 11.3. The van der Waals surface area contributed by atoms with E-state index in [9.17, 15) is 9.90 Å². The quantitative estimate of drug-likeness (QED) is 0.346. The Morgan fingerprint density at radius 3 is 2.18 bits per heavy atom. The summed E-state index contributed by atoms with van der Waals surface area (Å²) in [5, 5.41) is 15.5. The van der Waals surface area contributed by atoms with Gasteiger partial charge >= 0.3 is 0 Å². The second-order valence-electron chi connectivity index (χ2n) is 7.31. The van der Waals surface area contributed by atoms with Crippen molar-refractivity contribution in [2.75, 3.05) is 0 Å². The van der Waals surface area contributed by atoms with Crippen molar-refractivity contribution in [2.45, 2.75) is 6.61 Å². The van der Waals surface area contributed by atoms with E-state index in [1.165, 1.54) is 4.57 Å². The van der Waals surface area contributed by atoms with Crippen LogP contribution < -0.4 is 5.56 Å². The molecule has 0 aliphatic rings. The summed E-state index contributed by atoms with van der Waals surface area (Å²) >= 11 is 18.6. The second-order valence-corrected chi connectivity index (χ2v) is 8.59. The summed E-state index contributed by atoms with van der Waals surface area (Å²) in [7, 11) is 0. The molecular weight excluding hydrogens is 483 g/mol. The summed E-state index contributed by atoms with van der Waals surface area (Å²) < 4.78 is 3.06. The highest BCUT2D eigenvalue weighted by Crippen LogP contribution is 2.31. The monoisotopic (exact) mass is 496 g/mol. The number of halogens is 3. The van der Waals surface area contributed by atoms with Gasteiger partial charge < -0.3 is 5.11 Å². The van der Waals surface area contributed by atoms with E-state index >= 15 is 0 Å². The smallest absolute Gasteiger partial charge is 0.269 e. The van der Waals surface area contributed by atoms with Gasteiger partial charge in [0, 0.05) is 21.8 Å². The fourth-order valence-corrected chi connectivity index (χ4v) is 4.15. The van der Waals surface area contributed by atoms with Crippen LogP contribution in [0.15, 0.2) is 77.7 Å². The standard InChI is InChI=1S/C24H15Cl3N4O2/c25-15-3-8-18(9-4-15)31-23(19-10-5-16(26)11-21(19)27)28-22-20(24(31)33)12-30(29-22)17-6-1-14(13-32)2-7-17/h1-12,32H,13H2. The molecule has 0 saturated heterocycles. The molecule has 0 fully saturated rings. The number of hydrogen-bond acceptors (Lipinski definition) is 4. The Balaban J connectivity index is 1.78. The summed E-state index contributed by atoms with van der Waals surface area (Å²) in [6, 6.07) is 19.1. The number of hydrogen-bond donors (Lipinski definition) is 1. The van der Waals surface area contributed by atoms with Gasteiger partial charge in [0.2, 0.25) is 0 Å². The fourth-order valence-electron chi connectivity index (χ4n) is 3.53. The van der Waals surface area contributed by atoms with Crippen LogP contribution in [0.3, 0.4) is 0 Å². The lowest BCUT2D eigenvalue weighted by molar-refractivity contribution is 0.282. The van der Waals surface area contributed by atoms with Crippen molar-refractivity contribution in [2.24, 2.45) is 0 Å². The lowest BCUT2D eigenvalue weighted by Gasteiger charge is -2.13. The number of rotatable bonds is 4. The molecule has 0 bridgehead atoms. The van der Waals surface area contributed by atoms with Gasteiger partial charge in [-0.2, -0.15) is 0 Å². The molecule has 0 spiro atoms. The Morgan fingerprint density at radius 2 is 1.52 bits per heavy atom. The van der Waals surface area contributed by atoms with Crippen LogP contribution in [0.5, 0.6) is 0 Å². The molecule has 0 amide bonds. The molecule has 0 saturated carbocycles. The van der Waals surface area contributed by atoms with Crippen LogP contribution in [0.1, 0.15) is 5.56 Å². The summed E-state index contributed by atoms with van der Waals surface area (Å²) in [5.74, 6) is 0.331. The van der Waals surface area contributed by atoms with Gasteiger partial charge in [-0.3, -0.25) is 9.36 Å². The van der Waals surface area contributed by atoms with E-state index in [-0.39, 0.29) is 17.8 Å². The van der Waals surface area contributed by atoms with Crippen molar-refractivity contribution in [3.63, 3.8) is 0 Å². The van der Waals surface area contributed by atoms with Crippen molar-refractivity contribution >= 4 is 45.8 Å². The van der Waals surface area contributed by atoms with Crippen molar-refractivity contribution < 1.29 is 5.11 Å². The Morgan fingerprint density at radius 1 is 0.848 bits per heavy atom. The Labute approximate surface area is 203 Å². The third-order valence-corrected chi connectivity index (χ3v) is 5.99. The van der Waals surface area contributed by atoms with Crippen molar-refractivity contribution in [1.82, 2.24) is 19.3 Å². The molecule has 3 aromatic carbocycles. The van der Waals surface area contributed by atoms with E-state index in [1.807, 2.05) is 12.1 Å². The zero-order valence-corrected chi connectivity index (χ0v) is 19.2. The molecule has 0 unspecified atom stereocenters. The van der Waals surface area contributed by atoms with Crippen LogP contribution in [-0.4, -0.2) is 24.4 Å². The van der Waals surface area contributed by atoms with Gasteiger partial charge in [0.25, 0.3) is 5.56 Å². The van der Waals surface area contributed by atoms with E-state index in [4.69, 9.17) is 39.8 Å². The van der Waals surface area contributed by atoms with Gasteiger partial charge in [-0.25, -0.2) is 9.67 Å². The second kappa shape index (κ2) is 8.65. The minimum atomic E-state index is -0.304. The van der Waals surface area contributed by atoms with Crippen LogP contribution in [0.2, 0.25) is 15.1 Å². The molecule has 5 aromatic rings. The van der Waals surface area contributed by atoms with Gasteiger partial charge in [0.15, 0.2) is 11.5 Å². The minimum absolute atomic E-state index is 0.0556. The molecule has 2 aromatic heterocycles. The molecule has 0 atom stereocenters. The Kier molecular flexibility index (Phi) is 5.68. The Hall–Kier alpha value is -3.16. The van der Waals surface area contributed by atoms with Crippen molar-refractivity contribution in [1.29, 1.82) is 0 Å². The SMILES string of the molecule is O=c1c2cn(-c3ccc(CO)cc3)nc2nc(-c2ccc(Cl)cc2Cl)n1-c1ccc(Cl)cc1. The molecule has 164 valence electrons. The lowest BCUT2D eigenvalue weighted by Crippen LogP contribution is -2.21. The number of fused-ring (bicyclic) bond motifs is 1. The maximum atomic E-state index is 13.7. The average Bonchev–Trinajstić information content (AvgIpc) is 3.25. The molecule has 0 aliphatic heterocycles. The molecule has 0 radical (unpaired) electrons. The number of aliphatic hydroxyl groups excluding tert-OH is 1.